The number of hydrogen-bond acceptors (Lipinski definition) is 4. The largest absolute Gasteiger partial charge is 0.354 e. The molecule has 0 aromatic carbocycles. The molecule has 2 N–H and O–H groups in total. The fourth-order valence-corrected chi connectivity index (χ4v) is 1.73. The molecule has 0 bridgehead atoms. The summed E-state index contributed by atoms with van der Waals surface area (Å²) in [5.41, 5.74) is 5.55. The molecule has 1 aromatic rings. The van der Waals surface area contributed by atoms with Crippen LogP contribution in [0.3, 0.4) is 0 Å². The van der Waals surface area contributed by atoms with Gasteiger partial charge in [0, 0.05) is 31.1 Å². The van der Waals surface area contributed by atoms with E-state index in [4.69, 9.17) is 5.73 Å². The Labute approximate surface area is 77.2 Å². The van der Waals surface area contributed by atoms with Crippen molar-refractivity contribution in [1.29, 1.82) is 0 Å². The molecule has 1 heterocycles. The van der Waals surface area contributed by atoms with E-state index in [2.05, 4.69) is 11.9 Å². The molecule has 12 heavy (non-hydrogen) atoms. The number of anilines is 1. The van der Waals surface area contributed by atoms with Crippen molar-refractivity contribution in [2.24, 2.45) is 5.73 Å². The molecule has 0 saturated carbocycles. The number of thiazole rings is 1. The molecule has 4 heteroatoms. The van der Waals surface area contributed by atoms with Crippen molar-refractivity contribution < 1.29 is 0 Å². The molecule has 1 unspecified atom stereocenters. The van der Waals surface area contributed by atoms with Gasteiger partial charge in [-0.2, -0.15) is 0 Å². The lowest BCUT2D eigenvalue weighted by atomic mass is 10.2. The second kappa shape index (κ2) is 3.87. The lowest BCUT2D eigenvalue weighted by molar-refractivity contribution is 0.787. The number of nitrogens with zero attached hydrogens (tertiary/aromatic N) is 2. The summed E-state index contributed by atoms with van der Waals surface area (Å²) in [4.78, 5) is 7.55. The molecule has 0 aliphatic rings. The van der Waals surface area contributed by atoms with Crippen LogP contribution in [-0.4, -0.2) is 25.6 Å². The first-order valence-corrected chi connectivity index (χ1v) is 4.80. The topological polar surface area (TPSA) is 42.1 Å². The van der Waals surface area contributed by atoms with E-state index >= 15 is 0 Å². The molecule has 0 amide bonds. The van der Waals surface area contributed by atoms with Gasteiger partial charge < -0.3 is 10.6 Å². The van der Waals surface area contributed by atoms with Gasteiger partial charge in [-0.1, -0.05) is 6.92 Å². The van der Waals surface area contributed by atoms with E-state index in [1.807, 2.05) is 25.2 Å². The lowest BCUT2D eigenvalue weighted by Crippen LogP contribution is -2.08. The van der Waals surface area contributed by atoms with Crippen LogP contribution in [0.25, 0.3) is 0 Å². The maximum Gasteiger partial charge on any atom is 0.184 e. The molecule has 1 atom stereocenters. The Balaban J connectivity index is 2.77. The van der Waals surface area contributed by atoms with Crippen LogP contribution >= 0.6 is 11.3 Å². The van der Waals surface area contributed by atoms with Crippen LogP contribution < -0.4 is 10.6 Å². The van der Waals surface area contributed by atoms with Crippen molar-refractivity contribution in [2.75, 3.05) is 25.5 Å². The van der Waals surface area contributed by atoms with Crippen LogP contribution in [0.1, 0.15) is 17.7 Å². The van der Waals surface area contributed by atoms with Gasteiger partial charge in [-0.15, -0.1) is 11.3 Å². The van der Waals surface area contributed by atoms with Gasteiger partial charge in [0.1, 0.15) is 0 Å². The molecule has 0 radical (unpaired) electrons. The third-order valence-corrected chi connectivity index (χ3v) is 3.13. The SMILES string of the molecule is CC(CN)c1cnc(N(C)C)s1. The van der Waals surface area contributed by atoms with Gasteiger partial charge in [-0.3, -0.25) is 0 Å². The zero-order valence-corrected chi connectivity index (χ0v) is 8.56. The van der Waals surface area contributed by atoms with Crippen LogP contribution in [0.2, 0.25) is 0 Å². The monoisotopic (exact) mass is 185 g/mol. The highest BCUT2D eigenvalue weighted by atomic mass is 32.1. The summed E-state index contributed by atoms with van der Waals surface area (Å²) < 4.78 is 0. The molecule has 0 spiro atoms. The van der Waals surface area contributed by atoms with E-state index in [1.54, 1.807) is 11.3 Å². The van der Waals surface area contributed by atoms with E-state index in [-0.39, 0.29) is 0 Å². The maximum atomic E-state index is 5.55. The molecule has 68 valence electrons. The van der Waals surface area contributed by atoms with Gasteiger partial charge in [0.2, 0.25) is 0 Å². The quantitative estimate of drug-likeness (QED) is 0.771. The smallest absolute Gasteiger partial charge is 0.184 e. The number of rotatable bonds is 3. The highest BCUT2D eigenvalue weighted by molar-refractivity contribution is 7.15. The summed E-state index contributed by atoms with van der Waals surface area (Å²) in [6.45, 7) is 2.81. The van der Waals surface area contributed by atoms with Crippen LogP contribution in [0.5, 0.6) is 0 Å². The highest BCUT2D eigenvalue weighted by Gasteiger charge is 2.08. The van der Waals surface area contributed by atoms with Gasteiger partial charge in [-0.25, -0.2) is 4.98 Å². The molecular formula is C8H15N3S. The molecule has 1 rings (SSSR count). The first-order valence-electron chi connectivity index (χ1n) is 3.98. The summed E-state index contributed by atoms with van der Waals surface area (Å²) in [6.07, 6.45) is 1.91. The molecule has 3 nitrogen and oxygen atoms in total. The van der Waals surface area contributed by atoms with Crippen molar-refractivity contribution in [3.63, 3.8) is 0 Å². The first kappa shape index (κ1) is 9.48. The summed E-state index contributed by atoms with van der Waals surface area (Å²) in [6, 6.07) is 0. The number of nitrogens with two attached hydrogens (primary N) is 1. The van der Waals surface area contributed by atoms with E-state index in [1.165, 1.54) is 4.88 Å². The third kappa shape index (κ3) is 1.95. The van der Waals surface area contributed by atoms with Gasteiger partial charge in [0.25, 0.3) is 0 Å². The Morgan fingerprint density at radius 2 is 2.33 bits per heavy atom. The number of hydrogen-bond donors (Lipinski definition) is 1. The zero-order chi connectivity index (χ0) is 9.14. The summed E-state index contributed by atoms with van der Waals surface area (Å²) in [5.74, 6) is 0.427. The average molecular weight is 185 g/mol. The van der Waals surface area contributed by atoms with Crippen molar-refractivity contribution >= 4 is 16.5 Å². The van der Waals surface area contributed by atoms with Crippen LogP contribution in [0, 0.1) is 0 Å². The minimum Gasteiger partial charge on any atom is -0.354 e. The Kier molecular flexibility index (Phi) is 3.05. The normalized spacial score (nSPS) is 13.0. The van der Waals surface area contributed by atoms with Crippen molar-refractivity contribution in [1.82, 2.24) is 4.98 Å². The fraction of sp³-hybridized carbons (Fsp3) is 0.625. The summed E-state index contributed by atoms with van der Waals surface area (Å²) in [5, 5.41) is 1.05. The summed E-state index contributed by atoms with van der Waals surface area (Å²) >= 11 is 1.71. The van der Waals surface area contributed by atoms with Crippen LogP contribution in [0.4, 0.5) is 5.13 Å². The summed E-state index contributed by atoms with van der Waals surface area (Å²) in [7, 11) is 3.99. The van der Waals surface area contributed by atoms with Crippen LogP contribution in [0.15, 0.2) is 6.20 Å². The molecule has 0 fully saturated rings. The molecular weight excluding hydrogens is 170 g/mol. The maximum absolute atomic E-state index is 5.55. The minimum absolute atomic E-state index is 0.427. The second-order valence-electron chi connectivity index (χ2n) is 3.08. The Morgan fingerprint density at radius 1 is 1.67 bits per heavy atom. The standard InChI is InChI=1S/C8H15N3S/c1-6(4-9)7-5-10-8(12-7)11(2)3/h5-6H,4,9H2,1-3H3. The predicted octanol–water partition coefficient (Wildman–Crippen LogP) is 1.27. The van der Waals surface area contributed by atoms with E-state index in [9.17, 15) is 0 Å². The Hall–Kier alpha value is -0.610. The molecule has 0 aliphatic heterocycles. The van der Waals surface area contributed by atoms with Gasteiger partial charge >= 0.3 is 0 Å². The van der Waals surface area contributed by atoms with Crippen molar-refractivity contribution in [2.45, 2.75) is 12.8 Å². The minimum atomic E-state index is 0.427. The van der Waals surface area contributed by atoms with Crippen molar-refractivity contribution in [3.8, 4) is 0 Å². The van der Waals surface area contributed by atoms with Gasteiger partial charge in [-0.05, 0) is 6.54 Å². The number of aromatic nitrogens is 1. The van der Waals surface area contributed by atoms with E-state index < -0.39 is 0 Å². The van der Waals surface area contributed by atoms with Gasteiger partial charge in [0.15, 0.2) is 5.13 Å². The van der Waals surface area contributed by atoms with Crippen LogP contribution in [-0.2, 0) is 0 Å². The molecule has 0 aliphatic carbocycles. The van der Waals surface area contributed by atoms with E-state index in [0.717, 1.165) is 5.13 Å². The first-order chi connectivity index (χ1) is 5.65. The molecule has 0 saturated heterocycles. The molecule has 1 aromatic heterocycles. The average Bonchev–Trinajstić information content (AvgIpc) is 2.51. The van der Waals surface area contributed by atoms with Gasteiger partial charge in [0.05, 0.1) is 0 Å². The third-order valence-electron chi connectivity index (χ3n) is 1.73. The predicted molar refractivity (Wildman–Crippen MR) is 53.9 cm³/mol. The van der Waals surface area contributed by atoms with Crippen molar-refractivity contribution in [3.05, 3.63) is 11.1 Å². The lowest BCUT2D eigenvalue weighted by Gasteiger charge is -2.06. The van der Waals surface area contributed by atoms with E-state index in [0.29, 0.717) is 12.5 Å². The zero-order valence-electron chi connectivity index (χ0n) is 7.74. The Morgan fingerprint density at radius 3 is 2.75 bits per heavy atom. The highest BCUT2D eigenvalue weighted by Crippen LogP contribution is 2.26. The second-order valence-corrected chi connectivity index (χ2v) is 4.12. The Bertz CT molecular complexity index is 244. The fourth-order valence-electron chi connectivity index (χ4n) is 0.828.